The van der Waals surface area contributed by atoms with Gasteiger partial charge in [-0.15, -0.1) is 0 Å². The lowest BCUT2D eigenvalue weighted by atomic mass is 9.89. The van der Waals surface area contributed by atoms with Gasteiger partial charge in [0.05, 0.1) is 28.4 Å². The van der Waals surface area contributed by atoms with Crippen molar-refractivity contribution in [2.45, 2.75) is 52.9 Å². The molecule has 1 aromatic heterocycles. The number of nitrogens with one attached hydrogen (secondary N) is 1. The summed E-state index contributed by atoms with van der Waals surface area (Å²) in [5.74, 6) is 0.264. The number of anilines is 1. The molecule has 1 amide bonds. The van der Waals surface area contributed by atoms with E-state index >= 15 is 0 Å². The van der Waals surface area contributed by atoms with E-state index < -0.39 is 10.0 Å². The van der Waals surface area contributed by atoms with Crippen molar-refractivity contribution in [2.24, 2.45) is 5.41 Å². The van der Waals surface area contributed by atoms with Gasteiger partial charge in [0.15, 0.2) is 0 Å². The Balaban J connectivity index is 2.16. The number of rotatable bonds is 4. The summed E-state index contributed by atoms with van der Waals surface area (Å²) >= 11 is 6.13. The van der Waals surface area contributed by atoms with Crippen LogP contribution >= 0.6 is 11.6 Å². The van der Waals surface area contributed by atoms with E-state index in [2.05, 4.69) is 30.5 Å². The third-order valence-corrected chi connectivity index (χ3v) is 5.37. The predicted molar refractivity (Wildman–Crippen MR) is 105 cm³/mol. The highest BCUT2D eigenvalue weighted by Gasteiger charge is 2.29. The maximum absolute atomic E-state index is 12.4. The Morgan fingerprint density at radius 1 is 1.35 bits per heavy atom. The first-order valence-corrected chi connectivity index (χ1v) is 11.1. The molecule has 8 heteroatoms. The van der Waals surface area contributed by atoms with E-state index in [1.807, 2.05) is 4.90 Å². The monoisotopic (exact) mass is 401 g/mol. The van der Waals surface area contributed by atoms with E-state index in [-0.39, 0.29) is 17.2 Å². The second-order valence-electron chi connectivity index (χ2n) is 8.26. The van der Waals surface area contributed by atoms with Gasteiger partial charge in [-0.05, 0) is 31.2 Å². The van der Waals surface area contributed by atoms with Gasteiger partial charge in [-0.1, -0.05) is 32.4 Å². The Morgan fingerprint density at radius 3 is 2.42 bits per heavy atom. The largest absolute Gasteiger partial charge is 0.343 e. The minimum Gasteiger partial charge on any atom is -0.343 e. The van der Waals surface area contributed by atoms with Crippen LogP contribution in [0.3, 0.4) is 0 Å². The molecule has 0 aromatic carbocycles. The molecule has 2 rings (SSSR count). The Kier molecular flexibility index (Phi) is 6.23. The van der Waals surface area contributed by atoms with Crippen LogP contribution in [0.15, 0.2) is 6.07 Å². The van der Waals surface area contributed by atoms with Gasteiger partial charge >= 0.3 is 0 Å². The topological polar surface area (TPSA) is 79.4 Å². The molecule has 1 aliphatic heterocycles. The molecule has 1 saturated heterocycles. The summed E-state index contributed by atoms with van der Waals surface area (Å²) in [5, 5.41) is 0.428. The van der Waals surface area contributed by atoms with Gasteiger partial charge in [0.1, 0.15) is 0 Å². The number of pyridine rings is 1. The van der Waals surface area contributed by atoms with Crippen molar-refractivity contribution in [3.63, 3.8) is 0 Å². The van der Waals surface area contributed by atoms with Gasteiger partial charge in [-0.25, -0.2) is 8.42 Å². The maximum Gasteiger partial charge on any atom is 0.229 e. The lowest BCUT2D eigenvalue weighted by Crippen LogP contribution is -2.39. The number of aromatic nitrogens is 1. The molecule has 0 bridgehead atoms. The molecule has 1 fully saturated rings. The Hall–Kier alpha value is -1.34. The number of carbonyl (C=O) groups excluding carboxylic acids is 1. The fraction of sp³-hybridized carbons (Fsp3) is 0.667. The Labute approximate surface area is 161 Å². The SMILES string of the molecule is Cc1nc(C2CCN(C(=O)CC(C)(C)C)CC2)c(NS(C)(=O)=O)cc1Cl. The van der Waals surface area contributed by atoms with E-state index in [0.717, 1.165) is 19.1 Å². The van der Waals surface area contributed by atoms with Crippen LogP contribution in [-0.4, -0.2) is 43.6 Å². The number of aryl methyl sites for hydroxylation is 1. The van der Waals surface area contributed by atoms with E-state index in [9.17, 15) is 13.2 Å². The van der Waals surface area contributed by atoms with Crippen LogP contribution in [0.2, 0.25) is 5.02 Å². The summed E-state index contributed by atoms with van der Waals surface area (Å²) in [5.41, 5.74) is 1.78. The standard InChI is InChI=1S/C18H28ClN3O3S/c1-12-14(19)10-15(21-26(5,24)25)17(20-12)13-6-8-22(9-7-13)16(23)11-18(2,3)4/h10,13,21H,6-9,11H2,1-5H3. The predicted octanol–water partition coefficient (Wildman–Crippen LogP) is 3.56. The third-order valence-electron chi connectivity index (χ3n) is 4.39. The van der Waals surface area contributed by atoms with Crippen molar-refractivity contribution in [1.29, 1.82) is 0 Å². The first-order chi connectivity index (χ1) is 11.9. The summed E-state index contributed by atoms with van der Waals surface area (Å²) in [4.78, 5) is 18.9. The molecule has 146 valence electrons. The second kappa shape index (κ2) is 7.72. The average molecular weight is 402 g/mol. The summed E-state index contributed by atoms with van der Waals surface area (Å²) < 4.78 is 25.9. The second-order valence-corrected chi connectivity index (χ2v) is 10.4. The quantitative estimate of drug-likeness (QED) is 0.836. The van der Waals surface area contributed by atoms with Gasteiger partial charge in [0, 0.05) is 25.4 Å². The van der Waals surface area contributed by atoms with Crippen LogP contribution in [-0.2, 0) is 14.8 Å². The van der Waals surface area contributed by atoms with Gasteiger partial charge in [-0.2, -0.15) is 0 Å². The van der Waals surface area contributed by atoms with Crippen LogP contribution in [0.5, 0.6) is 0 Å². The van der Waals surface area contributed by atoms with E-state index in [1.165, 1.54) is 0 Å². The van der Waals surface area contributed by atoms with Crippen molar-refractivity contribution in [3.05, 3.63) is 22.5 Å². The fourth-order valence-corrected chi connectivity index (χ4v) is 3.87. The van der Waals surface area contributed by atoms with Crippen molar-refractivity contribution in [1.82, 2.24) is 9.88 Å². The molecule has 26 heavy (non-hydrogen) atoms. The molecular formula is C18H28ClN3O3S. The molecular weight excluding hydrogens is 374 g/mol. The molecule has 1 aliphatic rings. The zero-order valence-corrected chi connectivity index (χ0v) is 17.7. The lowest BCUT2D eigenvalue weighted by molar-refractivity contribution is -0.134. The van der Waals surface area contributed by atoms with Gasteiger partial charge in [-0.3, -0.25) is 14.5 Å². The fourth-order valence-electron chi connectivity index (χ4n) is 3.16. The molecule has 1 aromatic rings. The van der Waals surface area contributed by atoms with Crippen molar-refractivity contribution in [3.8, 4) is 0 Å². The minimum atomic E-state index is -3.43. The van der Waals surface area contributed by atoms with E-state index in [4.69, 9.17) is 11.6 Å². The Bertz CT molecular complexity index is 780. The highest BCUT2D eigenvalue weighted by Crippen LogP contribution is 2.35. The summed E-state index contributed by atoms with van der Waals surface area (Å²) in [6.07, 6.45) is 3.14. The molecule has 0 atom stereocenters. The van der Waals surface area contributed by atoms with Crippen LogP contribution in [0, 0.1) is 12.3 Å². The van der Waals surface area contributed by atoms with Crippen molar-refractivity contribution in [2.75, 3.05) is 24.1 Å². The number of piperidine rings is 1. The van der Waals surface area contributed by atoms with Crippen LogP contribution < -0.4 is 4.72 Å². The number of amides is 1. The van der Waals surface area contributed by atoms with Crippen molar-refractivity contribution < 1.29 is 13.2 Å². The van der Waals surface area contributed by atoms with Crippen LogP contribution in [0.1, 0.15) is 57.3 Å². The first kappa shape index (κ1) is 21.0. The average Bonchev–Trinajstić information content (AvgIpc) is 2.48. The number of halogens is 1. The molecule has 0 aliphatic carbocycles. The maximum atomic E-state index is 12.4. The summed E-state index contributed by atoms with van der Waals surface area (Å²) in [6.45, 7) is 9.28. The number of hydrogen-bond acceptors (Lipinski definition) is 4. The molecule has 0 unspecified atom stereocenters. The minimum absolute atomic E-state index is 0.0324. The van der Waals surface area contributed by atoms with Gasteiger partial charge < -0.3 is 4.90 Å². The smallest absolute Gasteiger partial charge is 0.229 e. The summed E-state index contributed by atoms with van der Waals surface area (Å²) in [6, 6.07) is 1.62. The summed E-state index contributed by atoms with van der Waals surface area (Å²) in [7, 11) is -3.43. The van der Waals surface area contributed by atoms with E-state index in [1.54, 1.807) is 13.0 Å². The first-order valence-electron chi connectivity index (χ1n) is 8.78. The van der Waals surface area contributed by atoms with Crippen LogP contribution in [0.25, 0.3) is 0 Å². The molecule has 0 spiro atoms. The lowest BCUT2D eigenvalue weighted by Gasteiger charge is -2.34. The number of likely N-dealkylation sites (tertiary alicyclic amines) is 1. The number of carbonyl (C=O) groups is 1. The van der Waals surface area contributed by atoms with Crippen LogP contribution in [0.4, 0.5) is 5.69 Å². The third kappa shape index (κ3) is 5.84. The molecule has 2 heterocycles. The normalized spacial score (nSPS) is 16.6. The number of hydrogen-bond donors (Lipinski definition) is 1. The molecule has 6 nitrogen and oxygen atoms in total. The molecule has 0 saturated carbocycles. The molecule has 0 radical (unpaired) electrons. The number of nitrogens with zero attached hydrogens (tertiary/aromatic N) is 2. The molecule has 1 N–H and O–H groups in total. The Morgan fingerprint density at radius 2 is 1.92 bits per heavy atom. The van der Waals surface area contributed by atoms with Crippen molar-refractivity contribution >= 4 is 33.2 Å². The highest BCUT2D eigenvalue weighted by molar-refractivity contribution is 7.92. The zero-order valence-electron chi connectivity index (χ0n) is 16.1. The van der Waals surface area contributed by atoms with Gasteiger partial charge in [0.2, 0.25) is 15.9 Å². The van der Waals surface area contributed by atoms with E-state index in [0.29, 0.717) is 41.6 Å². The number of sulfonamides is 1. The van der Waals surface area contributed by atoms with Gasteiger partial charge in [0.25, 0.3) is 0 Å². The highest BCUT2D eigenvalue weighted by atomic mass is 35.5. The zero-order chi connectivity index (χ0) is 19.7.